The number of hydrogen-bond donors (Lipinski definition) is 2. The zero-order valence-corrected chi connectivity index (χ0v) is 17.2. The number of nitrogens with one attached hydrogen (secondary N) is 2. The summed E-state index contributed by atoms with van der Waals surface area (Å²) < 4.78 is 1.65. The molecule has 0 radical (unpaired) electrons. The van der Waals surface area contributed by atoms with E-state index in [0.29, 0.717) is 24.6 Å². The Bertz CT molecular complexity index is 1200. The number of nitrogens with zero attached hydrogens (tertiary/aromatic N) is 5. The fourth-order valence-corrected chi connectivity index (χ4v) is 3.08. The Labute approximate surface area is 174 Å². The summed E-state index contributed by atoms with van der Waals surface area (Å²) in [6, 6.07) is 11.5. The lowest BCUT2D eigenvalue weighted by molar-refractivity contribution is -0.115. The zero-order valence-electron chi connectivity index (χ0n) is 17.2. The van der Waals surface area contributed by atoms with Gasteiger partial charge in [-0.15, -0.1) is 5.10 Å². The highest BCUT2D eigenvalue weighted by Gasteiger charge is 2.12. The Balaban J connectivity index is 1.45. The molecule has 0 unspecified atom stereocenters. The number of aromatic nitrogens is 5. The second kappa shape index (κ2) is 8.28. The summed E-state index contributed by atoms with van der Waals surface area (Å²) in [4.78, 5) is 25.4. The average molecular weight is 401 g/mol. The van der Waals surface area contributed by atoms with Gasteiger partial charge in [0, 0.05) is 48.4 Å². The van der Waals surface area contributed by atoms with Gasteiger partial charge < -0.3 is 10.6 Å². The molecule has 152 valence electrons. The Hall–Kier alpha value is -3.81. The van der Waals surface area contributed by atoms with Crippen LogP contribution in [0, 0.1) is 20.8 Å². The molecule has 2 N–H and O–H groups in total. The van der Waals surface area contributed by atoms with E-state index in [-0.39, 0.29) is 5.91 Å². The summed E-state index contributed by atoms with van der Waals surface area (Å²) in [6.07, 6.45) is 3.74. The maximum atomic E-state index is 12.3. The molecular weight excluding hydrogens is 378 g/mol. The van der Waals surface area contributed by atoms with E-state index in [2.05, 4.69) is 30.7 Å². The van der Waals surface area contributed by atoms with E-state index < -0.39 is 0 Å². The number of aryl methyl sites for hydroxylation is 3. The topological polar surface area (TPSA) is 97.1 Å². The Kier molecular flexibility index (Phi) is 5.38. The first-order valence-electron chi connectivity index (χ1n) is 9.75. The number of pyridine rings is 1. The van der Waals surface area contributed by atoms with Crippen molar-refractivity contribution in [2.75, 3.05) is 17.2 Å². The highest BCUT2D eigenvalue weighted by Crippen LogP contribution is 2.18. The first kappa shape index (κ1) is 19.5. The number of rotatable bonds is 6. The molecule has 8 nitrogen and oxygen atoms in total. The van der Waals surface area contributed by atoms with Gasteiger partial charge in [-0.3, -0.25) is 9.78 Å². The van der Waals surface area contributed by atoms with Crippen LogP contribution in [0.2, 0.25) is 0 Å². The molecule has 0 aliphatic carbocycles. The van der Waals surface area contributed by atoms with Gasteiger partial charge in [0.05, 0.1) is 0 Å². The zero-order chi connectivity index (χ0) is 21.1. The van der Waals surface area contributed by atoms with Crippen molar-refractivity contribution < 1.29 is 4.79 Å². The minimum atomic E-state index is -0.0533. The van der Waals surface area contributed by atoms with Gasteiger partial charge in [-0.2, -0.15) is 9.50 Å². The molecule has 1 amide bonds. The summed E-state index contributed by atoms with van der Waals surface area (Å²) in [5.74, 6) is 1.73. The van der Waals surface area contributed by atoms with Gasteiger partial charge in [-0.25, -0.2) is 4.98 Å². The first-order valence-corrected chi connectivity index (χ1v) is 9.75. The highest BCUT2D eigenvalue weighted by atomic mass is 16.1. The van der Waals surface area contributed by atoms with Gasteiger partial charge in [0.25, 0.3) is 5.78 Å². The molecule has 0 aliphatic rings. The lowest BCUT2D eigenvalue weighted by atomic mass is 10.1. The minimum absolute atomic E-state index is 0.0533. The predicted molar refractivity (Wildman–Crippen MR) is 116 cm³/mol. The van der Waals surface area contributed by atoms with Gasteiger partial charge in [-0.05, 0) is 56.2 Å². The Morgan fingerprint density at radius 3 is 2.70 bits per heavy atom. The smallest absolute Gasteiger partial charge is 0.254 e. The number of carbonyl (C=O) groups is 1. The normalized spacial score (nSPS) is 10.9. The van der Waals surface area contributed by atoms with Crippen molar-refractivity contribution in [2.45, 2.75) is 27.2 Å². The molecule has 0 fully saturated rings. The molecule has 3 heterocycles. The summed E-state index contributed by atoms with van der Waals surface area (Å²) in [5.41, 5.74) is 4.79. The highest BCUT2D eigenvalue weighted by molar-refractivity contribution is 5.91. The van der Waals surface area contributed by atoms with Gasteiger partial charge >= 0.3 is 0 Å². The molecule has 0 atom stereocenters. The van der Waals surface area contributed by atoms with Crippen LogP contribution in [0.25, 0.3) is 17.2 Å². The van der Waals surface area contributed by atoms with Crippen LogP contribution in [0.1, 0.15) is 23.2 Å². The van der Waals surface area contributed by atoms with Crippen LogP contribution >= 0.6 is 0 Å². The quantitative estimate of drug-likeness (QED) is 0.513. The third-order valence-electron chi connectivity index (χ3n) is 4.81. The van der Waals surface area contributed by atoms with Crippen molar-refractivity contribution in [3.63, 3.8) is 0 Å². The minimum Gasteiger partial charge on any atom is -0.369 e. The van der Waals surface area contributed by atoms with E-state index in [1.165, 1.54) is 5.56 Å². The van der Waals surface area contributed by atoms with Crippen molar-refractivity contribution in [3.05, 3.63) is 65.6 Å². The van der Waals surface area contributed by atoms with Crippen molar-refractivity contribution in [2.24, 2.45) is 0 Å². The van der Waals surface area contributed by atoms with E-state index in [4.69, 9.17) is 0 Å². The number of amides is 1. The molecule has 0 bridgehead atoms. The lowest BCUT2D eigenvalue weighted by Gasteiger charge is -2.10. The van der Waals surface area contributed by atoms with Crippen molar-refractivity contribution in [1.29, 1.82) is 0 Å². The number of benzene rings is 1. The lowest BCUT2D eigenvalue weighted by Crippen LogP contribution is -2.17. The molecular formula is C22H23N7O. The van der Waals surface area contributed by atoms with Crippen molar-refractivity contribution >= 4 is 23.2 Å². The molecule has 3 aromatic heterocycles. The maximum absolute atomic E-state index is 12.3. The van der Waals surface area contributed by atoms with Crippen LogP contribution in [0.4, 0.5) is 11.5 Å². The largest absolute Gasteiger partial charge is 0.369 e. The van der Waals surface area contributed by atoms with Crippen molar-refractivity contribution in [1.82, 2.24) is 24.6 Å². The third kappa shape index (κ3) is 4.27. The molecule has 4 aromatic rings. The molecule has 0 saturated heterocycles. The van der Waals surface area contributed by atoms with Crippen LogP contribution in [0.3, 0.4) is 0 Å². The standard InChI is InChI=1S/C22H23N7O/c1-14-6-7-18(11-15(14)2)26-20(30)8-10-24-19-12-16(3)25-22-27-21(28-29(19)22)17-5-4-9-23-13-17/h4-7,9,11-13,24H,8,10H2,1-3H3,(H,26,30). The Morgan fingerprint density at radius 2 is 1.93 bits per heavy atom. The van der Waals surface area contributed by atoms with E-state index in [9.17, 15) is 4.79 Å². The van der Waals surface area contributed by atoms with Crippen molar-refractivity contribution in [3.8, 4) is 11.4 Å². The molecule has 30 heavy (non-hydrogen) atoms. The second-order valence-electron chi connectivity index (χ2n) is 7.20. The van der Waals surface area contributed by atoms with Gasteiger partial charge in [-0.1, -0.05) is 6.07 Å². The van der Waals surface area contributed by atoms with Gasteiger partial charge in [0.15, 0.2) is 5.82 Å². The molecule has 4 rings (SSSR count). The molecule has 1 aromatic carbocycles. The second-order valence-corrected chi connectivity index (χ2v) is 7.20. The number of anilines is 2. The number of carbonyl (C=O) groups excluding carboxylic acids is 1. The summed E-state index contributed by atoms with van der Waals surface area (Å²) in [5, 5.41) is 10.8. The first-order chi connectivity index (χ1) is 14.5. The van der Waals surface area contributed by atoms with Crippen LogP contribution < -0.4 is 10.6 Å². The van der Waals surface area contributed by atoms with E-state index in [1.54, 1.807) is 16.9 Å². The fraction of sp³-hybridized carbons (Fsp3) is 0.227. The monoisotopic (exact) mass is 401 g/mol. The molecule has 0 aliphatic heterocycles. The van der Waals surface area contributed by atoms with E-state index in [1.807, 2.05) is 57.2 Å². The van der Waals surface area contributed by atoms with Crippen LogP contribution in [-0.4, -0.2) is 37.0 Å². The van der Waals surface area contributed by atoms with E-state index >= 15 is 0 Å². The Morgan fingerprint density at radius 1 is 1.07 bits per heavy atom. The molecule has 0 saturated carbocycles. The van der Waals surface area contributed by atoms with E-state index in [0.717, 1.165) is 28.3 Å². The number of hydrogen-bond acceptors (Lipinski definition) is 6. The molecule has 8 heteroatoms. The van der Waals surface area contributed by atoms with Gasteiger partial charge in [0.2, 0.25) is 5.91 Å². The third-order valence-corrected chi connectivity index (χ3v) is 4.81. The fourth-order valence-electron chi connectivity index (χ4n) is 3.08. The van der Waals surface area contributed by atoms with Crippen LogP contribution in [0.5, 0.6) is 0 Å². The SMILES string of the molecule is Cc1cc(NCCC(=O)Nc2ccc(C)c(C)c2)n2nc(-c3cccnc3)nc2n1. The van der Waals surface area contributed by atoms with Crippen LogP contribution in [0.15, 0.2) is 48.8 Å². The van der Waals surface area contributed by atoms with Gasteiger partial charge in [0.1, 0.15) is 5.82 Å². The average Bonchev–Trinajstić information content (AvgIpc) is 3.15. The summed E-state index contributed by atoms with van der Waals surface area (Å²) in [6.45, 7) is 6.43. The molecule has 0 spiro atoms. The predicted octanol–water partition coefficient (Wildman–Crippen LogP) is 3.55. The maximum Gasteiger partial charge on any atom is 0.254 e. The number of fused-ring (bicyclic) bond motifs is 1. The summed E-state index contributed by atoms with van der Waals surface area (Å²) >= 11 is 0. The van der Waals surface area contributed by atoms with Crippen LogP contribution in [-0.2, 0) is 4.79 Å². The summed E-state index contributed by atoms with van der Waals surface area (Å²) in [7, 11) is 0.